The van der Waals surface area contributed by atoms with Crippen LogP contribution in [0.2, 0.25) is 0 Å². The van der Waals surface area contributed by atoms with E-state index in [9.17, 15) is 4.79 Å². The molecule has 1 aliphatic rings. The quantitative estimate of drug-likeness (QED) is 0.874. The van der Waals surface area contributed by atoms with Crippen molar-refractivity contribution in [3.63, 3.8) is 0 Å². The third kappa shape index (κ3) is 4.24. The van der Waals surface area contributed by atoms with Crippen LogP contribution in [0.25, 0.3) is 0 Å². The Morgan fingerprint density at radius 2 is 1.62 bits per heavy atom. The van der Waals surface area contributed by atoms with E-state index in [1.807, 2.05) is 55.6 Å². The van der Waals surface area contributed by atoms with Gasteiger partial charge in [-0.2, -0.15) is 0 Å². The van der Waals surface area contributed by atoms with Crippen LogP contribution in [0.3, 0.4) is 0 Å². The van der Waals surface area contributed by atoms with Gasteiger partial charge < -0.3 is 5.32 Å². The fourth-order valence-corrected chi connectivity index (χ4v) is 3.55. The third-order valence-electron chi connectivity index (χ3n) is 4.78. The zero-order valence-electron chi connectivity index (χ0n) is 14.3. The lowest BCUT2D eigenvalue weighted by Gasteiger charge is -2.29. The molecule has 3 heteroatoms. The number of carbonyl (C=O) groups excluding carboxylic acids is 1. The molecule has 1 amide bonds. The predicted octanol–water partition coefficient (Wildman–Crippen LogP) is 3.92. The maximum Gasteiger partial charge on any atom is 0.242 e. The zero-order valence-corrected chi connectivity index (χ0v) is 14.3. The highest BCUT2D eigenvalue weighted by atomic mass is 16.2. The number of likely N-dealkylation sites (N-methyl/N-ethyl adjacent to an activating group) is 1. The number of rotatable bonds is 6. The second-order valence-corrected chi connectivity index (χ2v) is 6.70. The first-order chi connectivity index (χ1) is 11.7. The molecule has 1 saturated carbocycles. The van der Waals surface area contributed by atoms with Gasteiger partial charge in [-0.1, -0.05) is 73.5 Å². The van der Waals surface area contributed by atoms with Crippen LogP contribution < -0.4 is 5.32 Å². The molecule has 126 valence electrons. The number of amides is 1. The summed E-state index contributed by atoms with van der Waals surface area (Å²) in [7, 11) is 2.03. The van der Waals surface area contributed by atoms with Crippen molar-refractivity contribution < 1.29 is 4.79 Å². The molecule has 0 aliphatic heterocycles. The van der Waals surface area contributed by atoms with Crippen LogP contribution in [0.1, 0.15) is 42.9 Å². The van der Waals surface area contributed by atoms with Gasteiger partial charge >= 0.3 is 0 Å². The molecule has 0 heterocycles. The van der Waals surface area contributed by atoms with Crippen LogP contribution >= 0.6 is 0 Å². The molecule has 1 aliphatic carbocycles. The van der Waals surface area contributed by atoms with E-state index in [0.717, 1.165) is 24.9 Å². The van der Waals surface area contributed by atoms with E-state index in [2.05, 4.69) is 22.3 Å². The standard InChI is InChI=1S/C21H26N2O/c1-23(16-17-10-4-2-5-11-17)20(18-12-6-3-7-13-18)21(24)22-19-14-8-9-15-19/h2-7,10-13,19-20H,8-9,14-16H2,1H3,(H,22,24)/t20-/m0/s1. The lowest BCUT2D eigenvalue weighted by Crippen LogP contribution is -2.42. The van der Waals surface area contributed by atoms with Crippen molar-refractivity contribution in [2.75, 3.05) is 7.05 Å². The van der Waals surface area contributed by atoms with Crippen molar-refractivity contribution in [1.82, 2.24) is 10.2 Å². The summed E-state index contributed by atoms with van der Waals surface area (Å²) in [4.78, 5) is 15.1. The molecular formula is C21H26N2O. The molecule has 2 aromatic rings. The molecule has 1 atom stereocenters. The molecule has 3 nitrogen and oxygen atoms in total. The van der Waals surface area contributed by atoms with Crippen molar-refractivity contribution >= 4 is 5.91 Å². The molecule has 0 aromatic heterocycles. The molecular weight excluding hydrogens is 296 g/mol. The van der Waals surface area contributed by atoms with Gasteiger partial charge in [0.25, 0.3) is 0 Å². The van der Waals surface area contributed by atoms with Crippen molar-refractivity contribution in [3.05, 3.63) is 71.8 Å². The van der Waals surface area contributed by atoms with E-state index >= 15 is 0 Å². The number of nitrogens with one attached hydrogen (secondary N) is 1. The number of nitrogens with zero attached hydrogens (tertiary/aromatic N) is 1. The third-order valence-corrected chi connectivity index (χ3v) is 4.78. The van der Waals surface area contributed by atoms with Crippen molar-refractivity contribution in [1.29, 1.82) is 0 Å². The van der Waals surface area contributed by atoms with Gasteiger partial charge in [0.15, 0.2) is 0 Å². The Labute approximate surface area is 144 Å². The van der Waals surface area contributed by atoms with Crippen LogP contribution in [-0.2, 0) is 11.3 Å². The van der Waals surface area contributed by atoms with E-state index < -0.39 is 0 Å². The Morgan fingerprint density at radius 1 is 1.04 bits per heavy atom. The topological polar surface area (TPSA) is 32.3 Å². The summed E-state index contributed by atoms with van der Waals surface area (Å²) in [5, 5.41) is 3.26. The first-order valence-corrected chi connectivity index (χ1v) is 8.83. The van der Waals surface area contributed by atoms with E-state index in [-0.39, 0.29) is 11.9 Å². The fraction of sp³-hybridized carbons (Fsp3) is 0.381. The van der Waals surface area contributed by atoms with E-state index in [1.165, 1.54) is 18.4 Å². The highest BCUT2D eigenvalue weighted by molar-refractivity contribution is 5.83. The van der Waals surface area contributed by atoms with Crippen LogP contribution in [0.4, 0.5) is 0 Å². The fourth-order valence-electron chi connectivity index (χ4n) is 3.55. The van der Waals surface area contributed by atoms with Gasteiger partial charge in [-0.05, 0) is 31.0 Å². The van der Waals surface area contributed by atoms with Crippen LogP contribution in [0.5, 0.6) is 0 Å². The van der Waals surface area contributed by atoms with Crippen molar-refractivity contribution in [2.24, 2.45) is 0 Å². The Bertz CT molecular complexity index is 635. The molecule has 0 spiro atoms. The van der Waals surface area contributed by atoms with E-state index in [4.69, 9.17) is 0 Å². The minimum Gasteiger partial charge on any atom is -0.352 e. The SMILES string of the molecule is CN(Cc1ccccc1)[C@H](C(=O)NC1CCCC1)c1ccccc1. The molecule has 1 fully saturated rings. The summed E-state index contributed by atoms with van der Waals surface area (Å²) in [6.07, 6.45) is 4.66. The summed E-state index contributed by atoms with van der Waals surface area (Å²) in [5.41, 5.74) is 2.26. The van der Waals surface area contributed by atoms with Crippen molar-refractivity contribution in [3.8, 4) is 0 Å². The number of hydrogen-bond acceptors (Lipinski definition) is 2. The first-order valence-electron chi connectivity index (χ1n) is 8.83. The largest absolute Gasteiger partial charge is 0.352 e. The van der Waals surface area contributed by atoms with Gasteiger partial charge in [0.2, 0.25) is 5.91 Å². The highest BCUT2D eigenvalue weighted by Crippen LogP contribution is 2.24. The van der Waals surface area contributed by atoms with Gasteiger partial charge in [0, 0.05) is 12.6 Å². The summed E-state index contributed by atoms with van der Waals surface area (Å²) in [5.74, 6) is 0.117. The lowest BCUT2D eigenvalue weighted by molar-refractivity contribution is -0.127. The number of hydrogen-bond donors (Lipinski definition) is 1. The Hall–Kier alpha value is -2.13. The zero-order chi connectivity index (χ0) is 16.8. The predicted molar refractivity (Wildman–Crippen MR) is 97.5 cm³/mol. The minimum absolute atomic E-state index is 0.117. The molecule has 0 radical (unpaired) electrons. The molecule has 2 aromatic carbocycles. The maximum atomic E-state index is 13.0. The minimum atomic E-state index is -0.257. The number of carbonyl (C=O) groups is 1. The van der Waals surface area contributed by atoms with Crippen LogP contribution in [0.15, 0.2) is 60.7 Å². The molecule has 3 rings (SSSR count). The molecule has 1 N–H and O–H groups in total. The lowest BCUT2D eigenvalue weighted by atomic mass is 10.0. The van der Waals surface area contributed by atoms with Gasteiger partial charge in [-0.3, -0.25) is 9.69 Å². The van der Waals surface area contributed by atoms with Gasteiger partial charge in [-0.15, -0.1) is 0 Å². The Morgan fingerprint density at radius 3 is 2.25 bits per heavy atom. The van der Waals surface area contributed by atoms with Crippen LogP contribution in [-0.4, -0.2) is 23.9 Å². The second-order valence-electron chi connectivity index (χ2n) is 6.70. The first kappa shape index (κ1) is 16.7. The van der Waals surface area contributed by atoms with E-state index in [0.29, 0.717) is 6.04 Å². The molecule has 0 unspecified atom stereocenters. The summed E-state index contributed by atoms with van der Waals surface area (Å²) >= 11 is 0. The number of benzene rings is 2. The molecule has 0 saturated heterocycles. The summed E-state index contributed by atoms with van der Waals surface area (Å²) < 4.78 is 0. The Balaban J connectivity index is 1.77. The second kappa shape index (κ2) is 8.11. The Kier molecular flexibility index (Phi) is 5.65. The average Bonchev–Trinajstić information content (AvgIpc) is 3.10. The monoisotopic (exact) mass is 322 g/mol. The highest BCUT2D eigenvalue weighted by Gasteiger charge is 2.27. The molecule has 0 bridgehead atoms. The average molecular weight is 322 g/mol. The normalized spacial score (nSPS) is 16.2. The smallest absolute Gasteiger partial charge is 0.242 e. The maximum absolute atomic E-state index is 13.0. The van der Waals surface area contributed by atoms with Gasteiger partial charge in [0.05, 0.1) is 0 Å². The van der Waals surface area contributed by atoms with E-state index in [1.54, 1.807) is 0 Å². The van der Waals surface area contributed by atoms with Crippen molar-refractivity contribution in [2.45, 2.75) is 44.3 Å². The van der Waals surface area contributed by atoms with Gasteiger partial charge in [-0.25, -0.2) is 0 Å². The van der Waals surface area contributed by atoms with Gasteiger partial charge in [0.1, 0.15) is 6.04 Å². The molecule has 24 heavy (non-hydrogen) atoms. The summed E-state index contributed by atoms with van der Waals surface area (Å²) in [6.45, 7) is 0.748. The van der Waals surface area contributed by atoms with Crippen LogP contribution in [0, 0.1) is 0 Å². The summed E-state index contributed by atoms with van der Waals surface area (Å²) in [6, 6.07) is 20.5.